The fraction of sp³-hybridized carbons (Fsp3) is 0.300. The molecule has 0 unspecified atom stereocenters. The summed E-state index contributed by atoms with van der Waals surface area (Å²) < 4.78 is 30.9. The fourth-order valence-electron chi connectivity index (χ4n) is 1.07. The van der Waals surface area contributed by atoms with Gasteiger partial charge in [0.05, 0.1) is 7.11 Å². The number of carbonyl (C=O) groups excluding carboxylic acids is 1. The van der Waals surface area contributed by atoms with Gasteiger partial charge in [-0.25, -0.2) is 9.52 Å². The first-order valence-electron chi connectivity index (χ1n) is 5.00. The first-order valence-corrected chi connectivity index (χ1v) is 7.36. The summed E-state index contributed by atoms with van der Waals surface area (Å²) in [4.78, 5) is 11.5. The quantitative estimate of drug-likeness (QED) is 0.667. The van der Waals surface area contributed by atoms with E-state index in [1.54, 1.807) is 16.2 Å². The second-order valence-corrected chi connectivity index (χ2v) is 5.64. The summed E-state index contributed by atoms with van der Waals surface area (Å²) in [6.45, 7) is -0.287. The summed E-state index contributed by atoms with van der Waals surface area (Å²) in [6.07, 6.45) is -1.07. The molecule has 0 saturated carbocycles. The molecule has 3 N–H and O–H groups in total. The monoisotopic (exact) mass is 304 g/mol. The van der Waals surface area contributed by atoms with Crippen LogP contribution in [0.25, 0.3) is 0 Å². The Kier molecular flexibility index (Phi) is 5.78. The van der Waals surface area contributed by atoms with E-state index in [0.29, 0.717) is 10.4 Å². The van der Waals surface area contributed by atoms with E-state index in [1.807, 2.05) is 0 Å². The van der Waals surface area contributed by atoms with E-state index in [2.05, 4.69) is 21.3 Å². The number of amides is 1. The maximum absolute atomic E-state index is 11.4. The van der Waals surface area contributed by atoms with E-state index < -0.39 is 16.3 Å². The van der Waals surface area contributed by atoms with Gasteiger partial charge >= 0.3 is 16.3 Å². The van der Waals surface area contributed by atoms with Gasteiger partial charge in [0.25, 0.3) is 0 Å². The third-order valence-corrected chi connectivity index (χ3v) is 3.75. The zero-order chi connectivity index (χ0) is 14.3. The van der Waals surface area contributed by atoms with Crippen LogP contribution in [0.1, 0.15) is 10.4 Å². The summed E-state index contributed by atoms with van der Waals surface area (Å²) >= 11 is 1.31. The average molecular weight is 304 g/mol. The van der Waals surface area contributed by atoms with Crippen LogP contribution < -0.4 is 9.44 Å². The smallest absolute Gasteiger partial charge is 0.421 e. The minimum absolute atomic E-state index is 0.0144. The molecule has 1 rings (SSSR count). The Balaban J connectivity index is 2.67. The second-order valence-electron chi connectivity index (χ2n) is 3.14. The van der Waals surface area contributed by atoms with E-state index >= 15 is 0 Å². The largest absolute Gasteiger partial charge is 0.452 e. The Morgan fingerprint density at radius 3 is 2.95 bits per heavy atom. The summed E-state index contributed by atoms with van der Waals surface area (Å²) in [5.41, 5.74) is 0.625. The van der Waals surface area contributed by atoms with Gasteiger partial charge in [-0.05, 0) is 11.4 Å². The zero-order valence-corrected chi connectivity index (χ0v) is 11.6. The van der Waals surface area contributed by atoms with Crippen molar-refractivity contribution in [2.24, 2.45) is 0 Å². The number of aliphatic hydroxyl groups is 1. The minimum atomic E-state index is -3.97. The Morgan fingerprint density at radius 2 is 2.32 bits per heavy atom. The molecule has 0 fully saturated rings. The van der Waals surface area contributed by atoms with E-state index in [0.717, 1.165) is 7.11 Å². The van der Waals surface area contributed by atoms with Crippen LogP contribution in [-0.4, -0.2) is 33.3 Å². The Bertz CT molecular complexity index is 597. The predicted octanol–water partition coefficient (Wildman–Crippen LogP) is -0.218. The molecule has 0 radical (unpaired) electrons. The van der Waals surface area contributed by atoms with E-state index in [1.165, 1.54) is 11.3 Å². The molecule has 0 spiro atoms. The van der Waals surface area contributed by atoms with Crippen LogP contribution >= 0.6 is 11.3 Å². The highest BCUT2D eigenvalue weighted by molar-refractivity contribution is 7.88. The topological polar surface area (TPSA) is 105 Å². The number of hydrogen-bond acceptors (Lipinski definition) is 6. The van der Waals surface area contributed by atoms with Gasteiger partial charge in [-0.3, -0.25) is 0 Å². The molecule has 7 nitrogen and oxygen atoms in total. The Morgan fingerprint density at radius 1 is 1.58 bits per heavy atom. The fourth-order valence-corrected chi connectivity index (χ4v) is 2.64. The molecular weight excluding hydrogens is 292 g/mol. The minimum Gasteiger partial charge on any atom is -0.452 e. The predicted molar refractivity (Wildman–Crippen MR) is 69.6 cm³/mol. The van der Waals surface area contributed by atoms with Crippen molar-refractivity contribution in [3.63, 3.8) is 0 Å². The number of thiophene rings is 1. The highest BCUT2D eigenvalue weighted by atomic mass is 32.2. The van der Waals surface area contributed by atoms with E-state index in [-0.39, 0.29) is 13.2 Å². The van der Waals surface area contributed by atoms with Crippen molar-refractivity contribution in [2.75, 3.05) is 13.7 Å². The average Bonchev–Trinajstić information content (AvgIpc) is 2.80. The van der Waals surface area contributed by atoms with Gasteiger partial charge < -0.3 is 9.84 Å². The van der Waals surface area contributed by atoms with Crippen LogP contribution in [0, 0.1) is 11.8 Å². The maximum atomic E-state index is 11.4. The highest BCUT2D eigenvalue weighted by Gasteiger charge is 2.14. The van der Waals surface area contributed by atoms with Crippen LogP contribution in [0.3, 0.4) is 0 Å². The van der Waals surface area contributed by atoms with Gasteiger partial charge in [-0.15, -0.1) is 11.3 Å². The van der Waals surface area contributed by atoms with Crippen molar-refractivity contribution in [1.82, 2.24) is 9.44 Å². The summed E-state index contributed by atoms with van der Waals surface area (Å²) in [7, 11) is -2.91. The molecule has 1 heterocycles. The first kappa shape index (κ1) is 15.5. The van der Waals surface area contributed by atoms with Crippen LogP contribution in [0.2, 0.25) is 0 Å². The standard InChI is InChI=1S/C10H12N2O5S2/c1-17-10(14)12-19(15,16)11-7-9-8(3-2-5-13)4-6-18-9/h4,6,11,13H,5,7H2,1H3,(H,12,14). The SMILES string of the molecule is COC(=O)NS(=O)(=O)NCc1sccc1C#CCO. The third-order valence-electron chi connectivity index (χ3n) is 1.87. The molecule has 1 aromatic rings. The number of carbonyl (C=O) groups is 1. The number of methoxy groups -OCH3 is 1. The third kappa shape index (κ3) is 5.27. The zero-order valence-electron chi connectivity index (χ0n) is 9.97. The number of nitrogens with one attached hydrogen (secondary N) is 2. The maximum Gasteiger partial charge on any atom is 0.421 e. The van der Waals surface area contributed by atoms with Crippen LogP contribution in [0.15, 0.2) is 11.4 Å². The van der Waals surface area contributed by atoms with Gasteiger partial charge in [-0.1, -0.05) is 11.8 Å². The van der Waals surface area contributed by atoms with E-state index in [9.17, 15) is 13.2 Å². The number of aliphatic hydroxyl groups excluding tert-OH is 1. The van der Waals surface area contributed by atoms with Gasteiger partial charge in [0.2, 0.25) is 0 Å². The van der Waals surface area contributed by atoms with Crippen LogP contribution in [0.5, 0.6) is 0 Å². The molecule has 1 amide bonds. The van der Waals surface area contributed by atoms with Gasteiger partial charge in [-0.2, -0.15) is 13.1 Å². The van der Waals surface area contributed by atoms with Crippen molar-refractivity contribution >= 4 is 27.6 Å². The highest BCUT2D eigenvalue weighted by Crippen LogP contribution is 2.15. The number of ether oxygens (including phenoxy) is 1. The van der Waals surface area contributed by atoms with Crippen molar-refractivity contribution in [2.45, 2.75) is 6.54 Å². The lowest BCUT2D eigenvalue weighted by Gasteiger charge is -2.06. The molecule has 0 aliphatic rings. The summed E-state index contributed by atoms with van der Waals surface area (Å²) in [5.74, 6) is 5.17. The Hall–Kier alpha value is -1.60. The molecule has 104 valence electrons. The van der Waals surface area contributed by atoms with Crippen molar-refractivity contribution in [3.05, 3.63) is 21.9 Å². The lowest BCUT2D eigenvalue weighted by Crippen LogP contribution is -2.39. The number of rotatable bonds is 4. The van der Waals surface area contributed by atoms with Crippen molar-refractivity contribution < 1.29 is 23.1 Å². The molecule has 0 saturated heterocycles. The summed E-state index contributed by atoms with van der Waals surface area (Å²) in [5, 5.41) is 10.3. The first-order chi connectivity index (χ1) is 8.98. The van der Waals surface area contributed by atoms with E-state index in [4.69, 9.17) is 5.11 Å². The molecule has 9 heteroatoms. The number of hydrogen-bond donors (Lipinski definition) is 3. The van der Waals surface area contributed by atoms with Gasteiger partial charge in [0.1, 0.15) is 6.61 Å². The lowest BCUT2D eigenvalue weighted by atomic mass is 10.2. The lowest BCUT2D eigenvalue weighted by molar-refractivity contribution is 0.177. The second kappa shape index (κ2) is 7.10. The molecule has 0 atom stereocenters. The van der Waals surface area contributed by atoms with Crippen LogP contribution in [-0.2, 0) is 21.5 Å². The van der Waals surface area contributed by atoms with Crippen LogP contribution in [0.4, 0.5) is 4.79 Å². The summed E-state index contributed by atoms with van der Waals surface area (Å²) in [6, 6.07) is 1.71. The van der Waals surface area contributed by atoms with Gasteiger partial charge in [0.15, 0.2) is 0 Å². The molecule has 0 aliphatic heterocycles. The molecule has 1 aromatic heterocycles. The molecular formula is C10H12N2O5S2. The normalized spacial score (nSPS) is 10.4. The molecule has 0 aliphatic carbocycles. The van der Waals surface area contributed by atoms with Gasteiger partial charge in [0, 0.05) is 17.0 Å². The molecule has 0 bridgehead atoms. The molecule has 19 heavy (non-hydrogen) atoms. The van der Waals surface area contributed by atoms with Crippen molar-refractivity contribution in [1.29, 1.82) is 0 Å². The Labute approximate surface area is 114 Å². The molecule has 0 aromatic carbocycles. The van der Waals surface area contributed by atoms with Crippen molar-refractivity contribution in [3.8, 4) is 11.8 Å².